The van der Waals surface area contributed by atoms with Crippen LogP contribution in [0.2, 0.25) is 0 Å². The highest BCUT2D eigenvalue weighted by Crippen LogP contribution is 2.05. The fraction of sp³-hybridized carbons (Fsp3) is 0.333. The number of aromatic nitrogens is 4. The summed E-state index contributed by atoms with van der Waals surface area (Å²) in [6, 6.07) is 1.86. The Labute approximate surface area is 91.4 Å². The smallest absolute Gasteiger partial charge is 0.277 e. The molecular weight excluding hydrogens is 210 g/mol. The standard InChI is InChI=1S/C9H11N5O2/c1-5-4-6(2)14-9(10-5)11-7(12-14)8(15)13-16-3/h4H,1-3H3,(H,13,15). The van der Waals surface area contributed by atoms with Gasteiger partial charge in [0, 0.05) is 11.4 Å². The van der Waals surface area contributed by atoms with Crippen LogP contribution in [-0.4, -0.2) is 32.6 Å². The second-order valence-corrected chi connectivity index (χ2v) is 3.32. The van der Waals surface area contributed by atoms with Crippen LogP contribution in [0.15, 0.2) is 6.07 Å². The molecule has 2 aromatic rings. The maximum atomic E-state index is 11.4. The summed E-state index contributed by atoms with van der Waals surface area (Å²) in [6.07, 6.45) is 0. The van der Waals surface area contributed by atoms with Crippen molar-refractivity contribution in [1.29, 1.82) is 0 Å². The van der Waals surface area contributed by atoms with Crippen molar-refractivity contribution in [3.63, 3.8) is 0 Å². The van der Waals surface area contributed by atoms with Crippen molar-refractivity contribution in [2.45, 2.75) is 13.8 Å². The molecule has 84 valence electrons. The molecule has 1 amide bonds. The van der Waals surface area contributed by atoms with E-state index < -0.39 is 5.91 Å². The van der Waals surface area contributed by atoms with Crippen LogP contribution in [0.3, 0.4) is 0 Å². The van der Waals surface area contributed by atoms with E-state index in [-0.39, 0.29) is 5.82 Å². The van der Waals surface area contributed by atoms with Gasteiger partial charge in [0.2, 0.25) is 5.82 Å². The van der Waals surface area contributed by atoms with Gasteiger partial charge in [-0.2, -0.15) is 4.98 Å². The Kier molecular flexibility index (Phi) is 2.53. The van der Waals surface area contributed by atoms with E-state index in [1.54, 1.807) is 0 Å². The predicted molar refractivity (Wildman–Crippen MR) is 54.7 cm³/mol. The van der Waals surface area contributed by atoms with E-state index in [1.165, 1.54) is 11.6 Å². The van der Waals surface area contributed by atoms with E-state index in [0.29, 0.717) is 5.78 Å². The molecule has 2 rings (SSSR count). The van der Waals surface area contributed by atoms with Crippen LogP contribution in [-0.2, 0) is 4.84 Å². The minimum Gasteiger partial charge on any atom is -0.277 e. The van der Waals surface area contributed by atoms with Crippen LogP contribution in [0.25, 0.3) is 5.78 Å². The van der Waals surface area contributed by atoms with Gasteiger partial charge in [-0.3, -0.25) is 9.63 Å². The van der Waals surface area contributed by atoms with Crippen LogP contribution in [0, 0.1) is 13.8 Å². The van der Waals surface area contributed by atoms with Crippen LogP contribution in [0.1, 0.15) is 22.0 Å². The highest BCUT2D eigenvalue weighted by Gasteiger charge is 2.14. The maximum absolute atomic E-state index is 11.4. The van der Waals surface area contributed by atoms with Gasteiger partial charge in [-0.05, 0) is 19.9 Å². The fourth-order valence-electron chi connectivity index (χ4n) is 1.40. The Morgan fingerprint density at radius 2 is 2.19 bits per heavy atom. The van der Waals surface area contributed by atoms with E-state index in [4.69, 9.17) is 0 Å². The number of hydrogen-bond acceptors (Lipinski definition) is 5. The Bertz CT molecular complexity index is 548. The second kappa shape index (κ2) is 3.86. The molecule has 7 nitrogen and oxygen atoms in total. The molecule has 0 atom stereocenters. The van der Waals surface area contributed by atoms with Crippen molar-refractivity contribution in [3.05, 3.63) is 23.3 Å². The molecule has 0 radical (unpaired) electrons. The van der Waals surface area contributed by atoms with Crippen LogP contribution in [0.4, 0.5) is 0 Å². The quantitative estimate of drug-likeness (QED) is 0.724. The lowest BCUT2D eigenvalue weighted by Crippen LogP contribution is -2.23. The van der Waals surface area contributed by atoms with Crippen molar-refractivity contribution in [2.24, 2.45) is 0 Å². The molecule has 16 heavy (non-hydrogen) atoms. The zero-order valence-corrected chi connectivity index (χ0v) is 9.18. The molecule has 0 bridgehead atoms. The lowest BCUT2D eigenvalue weighted by Gasteiger charge is -1.97. The minimum absolute atomic E-state index is 0.0306. The summed E-state index contributed by atoms with van der Waals surface area (Å²) in [6.45, 7) is 3.73. The van der Waals surface area contributed by atoms with Gasteiger partial charge in [-0.25, -0.2) is 15.0 Å². The summed E-state index contributed by atoms with van der Waals surface area (Å²) < 4.78 is 1.51. The van der Waals surface area contributed by atoms with Crippen LogP contribution >= 0.6 is 0 Å². The van der Waals surface area contributed by atoms with Crippen molar-refractivity contribution in [2.75, 3.05) is 7.11 Å². The van der Waals surface area contributed by atoms with Crippen molar-refractivity contribution in [1.82, 2.24) is 25.1 Å². The first-order valence-corrected chi connectivity index (χ1v) is 4.66. The first-order chi connectivity index (χ1) is 7.61. The molecule has 0 saturated carbocycles. The molecule has 0 aromatic carbocycles. The third-order valence-electron chi connectivity index (χ3n) is 2.02. The summed E-state index contributed by atoms with van der Waals surface area (Å²) >= 11 is 0. The molecule has 0 unspecified atom stereocenters. The van der Waals surface area contributed by atoms with Crippen molar-refractivity contribution >= 4 is 11.7 Å². The van der Waals surface area contributed by atoms with Crippen molar-refractivity contribution in [3.8, 4) is 0 Å². The normalized spacial score (nSPS) is 10.7. The zero-order chi connectivity index (χ0) is 11.7. The number of hydroxylamine groups is 1. The maximum Gasteiger partial charge on any atom is 0.314 e. The number of fused-ring (bicyclic) bond motifs is 1. The van der Waals surface area contributed by atoms with Crippen molar-refractivity contribution < 1.29 is 9.63 Å². The Hall–Kier alpha value is -2.02. The number of nitrogens with one attached hydrogen (secondary N) is 1. The van der Waals surface area contributed by atoms with Gasteiger partial charge in [-0.15, -0.1) is 5.10 Å². The fourth-order valence-corrected chi connectivity index (χ4v) is 1.40. The van der Waals surface area contributed by atoms with E-state index in [9.17, 15) is 4.79 Å². The molecule has 0 aliphatic rings. The lowest BCUT2D eigenvalue weighted by molar-refractivity contribution is 0.0527. The predicted octanol–water partition coefficient (Wildman–Crippen LogP) is 0.0323. The molecule has 2 aromatic heterocycles. The van der Waals surface area contributed by atoms with E-state index in [2.05, 4.69) is 25.4 Å². The first-order valence-electron chi connectivity index (χ1n) is 4.66. The Morgan fingerprint density at radius 1 is 1.44 bits per heavy atom. The Morgan fingerprint density at radius 3 is 2.88 bits per heavy atom. The van der Waals surface area contributed by atoms with Gasteiger partial charge in [-0.1, -0.05) is 0 Å². The summed E-state index contributed by atoms with van der Waals surface area (Å²) in [5.41, 5.74) is 3.85. The molecular formula is C9H11N5O2. The molecule has 7 heteroatoms. The largest absolute Gasteiger partial charge is 0.314 e. The number of nitrogens with zero attached hydrogens (tertiary/aromatic N) is 4. The summed E-state index contributed by atoms with van der Waals surface area (Å²) in [5, 5.41) is 4.02. The molecule has 0 spiro atoms. The summed E-state index contributed by atoms with van der Waals surface area (Å²) in [5.74, 6) is -0.0631. The first kappa shape index (κ1) is 10.5. The number of rotatable bonds is 2. The monoisotopic (exact) mass is 221 g/mol. The highest BCUT2D eigenvalue weighted by atomic mass is 16.6. The zero-order valence-electron chi connectivity index (χ0n) is 9.18. The van der Waals surface area contributed by atoms with E-state index in [1.807, 2.05) is 19.9 Å². The SMILES string of the molecule is CONC(=O)c1nc2nc(C)cc(C)n2n1. The number of amides is 1. The van der Waals surface area contributed by atoms with Crippen LogP contribution in [0.5, 0.6) is 0 Å². The molecule has 0 aliphatic carbocycles. The number of carbonyl (C=O) groups is 1. The number of carbonyl (C=O) groups excluding carboxylic acids is 1. The van der Waals surface area contributed by atoms with Gasteiger partial charge in [0.15, 0.2) is 0 Å². The lowest BCUT2D eigenvalue weighted by atomic mass is 10.4. The minimum atomic E-state index is -0.495. The topological polar surface area (TPSA) is 81.4 Å². The molecule has 0 aliphatic heterocycles. The third-order valence-corrected chi connectivity index (χ3v) is 2.02. The molecule has 1 N–H and O–H groups in total. The summed E-state index contributed by atoms with van der Waals surface area (Å²) in [7, 11) is 1.35. The third kappa shape index (κ3) is 1.72. The second-order valence-electron chi connectivity index (χ2n) is 3.32. The number of hydrogen-bond donors (Lipinski definition) is 1. The van der Waals surface area contributed by atoms with Gasteiger partial charge in [0.25, 0.3) is 5.78 Å². The summed E-state index contributed by atoms with van der Waals surface area (Å²) in [4.78, 5) is 24.1. The highest BCUT2D eigenvalue weighted by molar-refractivity contribution is 5.89. The van der Waals surface area contributed by atoms with Gasteiger partial charge in [0.05, 0.1) is 7.11 Å². The molecule has 2 heterocycles. The molecule has 0 fully saturated rings. The molecule has 0 saturated heterocycles. The van der Waals surface area contributed by atoms with Gasteiger partial charge >= 0.3 is 5.91 Å². The number of aryl methyl sites for hydroxylation is 2. The van der Waals surface area contributed by atoms with Gasteiger partial charge < -0.3 is 0 Å². The van der Waals surface area contributed by atoms with Gasteiger partial charge in [0.1, 0.15) is 0 Å². The van der Waals surface area contributed by atoms with Crippen LogP contribution < -0.4 is 5.48 Å². The Balaban J connectivity index is 2.51. The van der Waals surface area contributed by atoms with E-state index >= 15 is 0 Å². The average Bonchev–Trinajstić information content (AvgIpc) is 2.62. The van der Waals surface area contributed by atoms with E-state index in [0.717, 1.165) is 11.4 Å². The average molecular weight is 221 g/mol.